The SMILES string of the molecule is CC1CC[C@H](C)N(C=O)C1.CCc1cc(NC(C)=O)cnc1N.CN1CC2CC(c3nc4ccccc4s3)CC2C1. The van der Waals surface area contributed by atoms with E-state index in [1.54, 1.807) is 6.20 Å². The van der Waals surface area contributed by atoms with Crippen LogP contribution < -0.4 is 11.1 Å². The Morgan fingerprint density at radius 3 is 2.46 bits per heavy atom. The molecule has 3 aromatic rings. The molecule has 1 aromatic carbocycles. The summed E-state index contributed by atoms with van der Waals surface area (Å²) in [5.74, 6) is 3.69. The lowest BCUT2D eigenvalue weighted by molar-refractivity contribution is -0.121. The molecular weight excluding hydrogens is 532 g/mol. The second-order valence-electron chi connectivity index (χ2n) is 12.1. The summed E-state index contributed by atoms with van der Waals surface area (Å²) >= 11 is 1.91. The molecule has 8 nitrogen and oxygen atoms in total. The van der Waals surface area contributed by atoms with Crippen LogP contribution in [0.25, 0.3) is 10.2 Å². The van der Waals surface area contributed by atoms with Crippen molar-refractivity contribution in [3.8, 4) is 0 Å². The van der Waals surface area contributed by atoms with E-state index < -0.39 is 0 Å². The van der Waals surface area contributed by atoms with E-state index >= 15 is 0 Å². The van der Waals surface area contributed by atoms with Crippen LogP contribution in [0.5, 0.6) is 0 Å². The van der Waals surface area contributed by atoms with Gasteiger partial charge in [-0.25, -0.2) is 9.97 Å². The summed E-state index contributed by atoms with van der Waals surface area (Å²) in [6.45, 7) is 11.3. The first kappa shape index (κ1) is 30.9. The zero-order valence-electron chi connectivity index (χ0n) is 25.2. The molecule has 9 heteroatoms. The number of carbonyl (C=O) groups is 2. The molecular formula is C32H46N6O2S. The highest BCUT2D eigenvalue weighted by molar-refractivity contribution is 7.18. The quantitative estimate of drug-likeness (QED) is 0.379. The third-order valence-electron chi connectivity index (χ3n) is 8.60. The van der Waals surface area contributed by atoms with Gasteiger partial charge in [-0.1, -0.05) is 26.0 Å². The minimum atomic E-state index is -0.103. The number of piperidine rings is 1. The number of nitrogens with zero attached hydrogens (tertiary/aromatic N) is 4. The van der Waals surface area contributed by atoms with Gasteiger partial charge in [0.15, 0.2) is 0 Å². The first-order valence-corrected chi connectivity index (χ1v) is 15.7. The molecule has 3 unspecified atom stereocenters. The number of nitrogens with two attached hydrogens (primary N) is 1. The number of nitrogen functional groups attached to an aromatic ring is 1. The highest BCUT2D eigenvalue weighted by Crippen LogP contribution is 2.47. The van der Waals surface area contributed by atoms with E-state index in [9.17, 15) is 9.59 Å². The molecule has 1 aliphatic carbocycles. The van der Waals surface area contributed by atoms with Crippen LogP contribution in [0.3, 0.4) is 0 Å². The van der Waals surface area contributed by atoms with Crippen molar-refractivity contribution in [2.75, 3.05) is 37.7 Å². The molecule has 3 N–H and O–H groups in total. The zero-order valence-corrected chi connectivity index (χ0v) is 26.0. The van der Waals surface area contributed by atoms with Gasteiger partial charge in [0.05, 0.1) is 27.1 Å². The van der Waals surface area contributed by atoms with E-state index in [4.69, 9.17) is 10.7 Å². The van der Waals surface area contributed by atoms with Crippen molar-refractivity contribution in [3.63, 3.8) is 0 Å². The summed E-state index contributed by atoms with van der Waals surface area (Å²) in [5, 5.41) is 4.03. The van der Waals surface area contributed by atoms with Crippen LogP contribution in [0, 0.1) is 17.8 Å². The highest BCUT2D eigenvalue weighted by atomic mass is 32.1. The van der Waals surface area contributed by atoms with Crippen molar-refractivity contribution in [3.05, 3.63) is 47.1 Å². The van der Waals surface area contributed by atoms with Crippen molar-refractivity contribution >= 4 is 45.4 Å². The predicted molar refractivity (Wildman–Crippen MR) is 169 cm³/mol. The standard InChI is InChI=1S/C15H18N2S.C9H13N3O.C8H15NO/c1-17-8-11-6-10(7-12(11)9-17)15-16-13-4-2-3-5-14(13)18-15;1-3-7-4-8(12-6(2)13)5-11-9(7)10;1-7-3-4-8(2)9(5-7)6-10/h2-5,10-12H,6-9H2,1H3;4-5H,3H2,1-2H3,(H2,10,11)(H,12,13);6-8H,3-5H2,1-2H3/t;;7?,8-/m..0/s1. The smallest absolute Gasteiger partial charge is 0.221 e. The molecule has 0 bridgehead atoms. The minimum absolute atomic E-state index is 0.103. The summed E-state index contributed by atoms with van der Waals surface area (Å²) in [4.78, 5) is 34.4. The number of hydrogen-bond acceptors (Lipinski definition) is 7. The molecule has 2 saturated heterocycles. The van der Waals surface area contributed by atoms with Gasteiger partial charge < -0.3 is 20.9 Å². The van der Waals surface area contributed by atoms with E-state index in [1.165, 1.54) is 60.9 Å². The van der Waals surface area contributed by atoms with Gasteiger partial charge in [0.1, 0.15) is 5.82 Å². The predicted octanol–water partition coefficient (Wildman–Crippen LogP) is 5.80. The third-order valence-corrected chi connectivity index (χ3v) is 9.80. The fourth-order valence-corrected chi connectivity index (χ4v) is 7.44. The number of carbonyl (C=O) groups excluding carboxylic acids is 2. The summed E-state index contributed by atoms with van der Waals surface area (Å²) in [6.07, 6.45) is 8.48. The molecule has 3 fully saturated rings. The number of rotatable bonds is 4. The maximum Gasteiger partial charge on any atom is 0.221 e. The van der Waals surface area contributed by atoms with E-state index in [1.807, 2.05) is 29.2 Å². The molecule has 222 valence electrons. The topological polar surface area (TPSA) is 104 Å². The maximum atomic E-state index is 10.7. The summed E-state index contributed by atoms with van der Waals surface area (Å²) in [6, 6.07) is 10.8. The maximum absolute atomic E-state index is 10.7. The van der Waals surface area contributed by atoms with Crippen molar-refractivity contribution in [2.24, 2.45) is 17.8 Å². The average molecular weight is 579 g/mol. The molecule has 4 atom stereocenters. The van der Waals surface area contributed by atoms with E-state index in [-0.39, 0.29) is 5.91 Å². The van der Waals surface area contributed by atoms with Gasteiger partial charge in [-0.3, -0.25) is 9.59 Å². The van der Waals surface area contributed by atoms with Crippen LogP contribution in [-0.2, 0) is 16.0 Å². The van der Waals surface area contributed by atoms with Crippen LogP contribution >= 0.6 is 11.3 Å². The van der Waals surface area contributed by atoms with Gasteiger partial charge in [-0.2, -0.15) is 0 Å². The van der Waals surface area contributed by atoms with Crippen molar-refractivity contribution in [1.29, 1.82) is 0 Å². The summed E-state index contributed by atoms with van der Waals surface area (Å²) in [5.41, 5.74) is 8.44. The molecule has 3 aliphatic rings. The summed E-state index contributed by atoms with van der Waals surface area (Å²) < 4.78 is 1.35. The van der Waals surface area contributed by atoms with E-state index in [0.717, 1.165) is 42.7 Å². The lowest BCUT2D eigenvalue weighted by Gasteiger charge is -2.33. The van der Waals surface area contributed by atoms with Crippen molar-refractivity contribution < 1.29 is 9.59 Å². The van der Waals surface area contributed by atoms with Gasteiger partial charge in [0.25, 0.3) is 0 Å². The fourth-order valence-electron chi connectivity index (χ4n) is 6.35. The number of pyridine rings is 1. The van der Waals surface area contributed by atoms with E-state index in [0.29, 0.717) is 23.5 Å². The number of thiazole rings is 1. The Balaban J connectivity index is 0.000000150. The van der Waals surface area contributed by atoms with Gasteiger partial charge in [-0.15, -0.1) is 11.3 Å². The minimum Gasteiger partial charge on any atom is -0.383 e. The summed E-state index contributed by atoms with van der Waals surface area (Å²) in [7, 11) is 2.25. The van der Waals surface area contributed by atoms with Crippen LogP contribution in [0.2, 0.25) is 0 Å². The monoisotopic (exact) mass is 578 g/mol. The molecule has 2 aromatic heterocycles. The number of para-hydroxylation sites is 1. The van der Waals surface area contributed by atoms with Gasteiger partial charge >= 0.3 is 0 Å². The largest absolute Gasteiger partial charge is 0.383 e. The Hall–Kier alpha value is -3.04. The number of aromatic nitrogens is 2. The molecule has 4 heterocycles. The Morgan fingerprint density at radius 1 is 1.15 bits per heavy atom. The van der Waals surface area contributed by atoms with Crippen LogP contribution in [0.1, 0.15) is 69.9 Å². The molecule has 0 radical (unpaired) electrons. The number of benzene rings is 1. The van der Waals surface area contributed by atoms with Crippen molar-refractivity contribution in [1.82, 2.24) is 19.8 Å². The van der Waals surface area contributed by atoms with Crippen molar-refractivity contribution in [2.45, 2.75) is 71.8 Å². The molecule has 2 amide bonds. The number of likely N-dealkylation sites (tertiary alicyclic amines) is 2. The number of nitrogens with one attached hydrogen (secondary N) is 1. The lowest BCUT2D eigenvalue weighted by Crippen LogP contribution is -2.39. The lowest BCUT2D eigenvalue weighted by atomic mass is 9.96. The number of amides is 2. The van der Waals surface area contributed by atoms with Gasteiger partial charge in [0.2, 0.25) is 12.3 Å². The number of aryl methyl sites for hydroxylation is 1. The molecule has 2 aliphatic heterocycles. The normalized spacial score (nSPS) is 25.5. The Bertz CT molecular complexity index is 1270. The molecule has 41 heavy (non-hydrogen) atoms. The number of fused-ring (bicyclic) bond motifs is 2. The van der Waals surface area contributed by atoms with Gasteiger partial charge in [-0.05, 0) is 87.6 Å². The Kier molecular flexibility index (Phi) is 10.7. The van der Waals surface area contributed by atoms with Crippen LogP contribution in [0.4, 0.5) is 11.5 Å². The molecule has 1 saturated carbocycles. The van der Waals surface area contributed by atoms with Gasteiger partial charge in [0, 0.05) is 38.5 Å². The zero-order chi connectivity index (χ0) is 29.5. The first-order chi connectivity index (χ1) is 19.7. The second-order valence-corrected chi connectivity index (χ2v) is 13.1. The average Bonchev–Trinajstić information content (AvgIpc) is 3.64. The molecule has 6 rings (SSSR count). The second kappa shape index (κ2) is 14.2. The van der Waals surface area contributed by atoms with E-state index in [2.05, 4.69) is 60.4 Å². The third kappa shape index (κ3) is 8.26. The van der Waals surface area contributed by atoms with Crippen LogP contribution in [0.15, 0.2) is 36.5 Å². The first-order valence-electron chi connectivity index (χ1n) is 14.9. The number of anilines is 2. The Labute approximate surface area is 248 Å². The number of hydrogen-bond donors (Lipinski definition) is 2. The Morgan fingerprint density at radius 2 is 1.85 bits per heavy atom. The fraction of sp³-hybridized carbons (Fsp3) is 0.562. The highest BCUT2D eigenvalue weighted by Gasteiger charge is 2.41. The van der Waals surface area contributed by atoms with Crippen LogP contribution in [-0.4, -0.2) is 64.8 Å². The molecule has 0 spiro atoms.